The van der Waals surface area contributed by atoms with Crippen molar-refractivity contribution in [2.45, 2.75) is 127 Å². The van der Waals surface area contributed by atoms with Crippen molar-refractivity contribution >= 4 is 5.97 Å². The topological polar surface area (TPSA) is 126 Å². The molecule has 5 unspecified atom stereocenters. The van der Waals surface area contributed by atoms with Gasteiger partial charge in [-0.2, -0.15) is 0 Å². The van der Waals surface area contributed by atoms with E-state index in [4.69, 9.17) is 0 Å². The molecule has 0 bridgehead atoms. The number of hydrogen-bond acceptors (Lipinski definition) is 7. The fourth-order valence-corrected chi connectivity index (χ4v) is 5.78. The first-order valence-corrected chi connectivity index (χ1v) is 14.1. The van der Waals surface area contributed by atoms with E-state index in [9.17, 15) is 20.1 Å². The average Bonchev–Trinajstić information content (AvgIpc) is 2.81. The normalized spacial score (nSPS) is 27.3. The predicted octanol–water partition coefficient (Wildman–Crippen LogP) is 2.38. The van der Waals surface area contributed by atoms with E-state index >= 15 is 0 Å². The smallest absolute Gasteiger partial charge is 0.306 e. The number of unbranched alkanes of at least 4 members (excludes halogenated alkanes) is 3. The maximum atomic E-state index is 11.4. The van der Waals surface area contributed by atoms with Crippen LogP contribution in [-0.2, 0) is 4.79 Å². The molecule has 0 saturated carbocycles. The van der Waals surface area contributed by atoms with Crippen molar-refractivity contribution in [3.63, 3.8) is 0 Å². The number of nitrogens with one attached hydrogen (secondary N) is 4. The molecule has 0 spiro atoms. The second-order valence-electron chi connectivity index (χ2n) is 11.7. The zero-order chi connectivity index (χ0) is 25.7. The van der Waals surface area contributed by atoms with Crippen molar-refractivity contribution in [2.24, 2.45) is 5.92 Å². The van der Waals surface area contributed by atoms with Crippen LogP contribution in [0, 0.1) is 5.92 Å². The van der Waals surface area contributed by atoms with E-state index in [1.54, 1.807) is 0 Å². The summed E-state index contributed by atoms with van der Waals surface area (Å²) in [6.07, 6.45) is 11.7. The van der Waals surface area contributed by atoms with Gasteiger partial charge in [-0.3, -0.25) is 4.79 Å². The number of hydrogen-bond donors (Lipinski definition) is 7. The second-order valence-corrected chi connectivity index (χ2v) is 11.7. The van der Waals surface area contributed by atoms with Gasteiger partial charge in [0.1, 0.15) is 0 Å². The molecule has 0 aromatic carbocycles. The molecule has 206 valence electrons. The molecule has 2 fully saturated rings. The molecular weight excluding hydrogens is 444 g/mol. The summed E-state index contributed by atoms with van der Waals surface area (Å²) in [6, 6.07) is 0.703. The lowest BCUT2D eigenvalue weighted by atomic mass is 9.87. The fraction of sp³-hybridized carbons (Fsp3) is 0.963. The van der Waals surface area contributed by atoms with Gasteiger partial charge in [0.25, 0.3) is 0 Å². The molecule has 8 nitrogen and oxygen atoms in total. The van der Waals surface area contributed by atoms with Gasteiger partial charge in [0.2, 0.25) is 0 Å². The molecule has 0 radical (unpaired) electrons. The first-order valence-electron chi connectivity index (χ1n) is 14.1. The highest BCUT2D eigenvalue weighted by Crippen LogP contribution is 2.25. The van der Waals surface area contributed by atoms with Crippen LogP contribution in [0.5, 0.6) is 0 Å². The standard InChI is InChI=1S/C27H54N4O4/c1-21-24(32)12-11-23(31-21)10-9-22(19-28-3)8-6-4-5-7-13-27(35,18-25(33)34)20-30-26(2)14-16-29-17-15-26/h21-24,28-32,35H,4-20H2,1-3H3,(H,33,34). The van der Waals surface area contributed by atoms with Crippen LogP contribution in [0.1, 0.15) is 97.3 Å². The number of carboxylic acid groups (broad SMARTS) is 1. The summed E-state index contributed by atoms with van der Waals surface area (Å²) in [4.78, 5) is 11.4. The van der Waals surface area contributed by atoms with Gasteiger partial charge >= 0.3 is 5.97 Å². The zero-order valence-corrected chi connectivity index (χ0v) is 22.6. The summed E-state index contributed by atoms with van der Waals surface area (Å²) in [5.74, 6) is -0.279. The van der Waals surface area contributed by atoms with Gasteiger partial charge in [-0.05, 0) is 97.8 Å². The SMILES string of the molecule is CNCC(CCCCCCC(O)(CNC1(C)CCNCC1)CC(=O)O)CCC1CCC(O)C(C)N1. The molecule has 0 aromatic rings. The molecule has 7 N–H and O–H groups in total. The molecule has 8 heteroatoms. The van der Waals surface area contributed by atoms with Crippen LogP contribution < -0.4 is 21.3 Å². The monoisotopic (exact) mass is 498 g/mol. The summed E-state index contributed by atoms with van der Waals surface area (Å²) in [5.41, 5.74) is -1.23. The molecule has 2 aliphatic heterocycles. The van der Waals surface area contributed by atoms with Crippen molar-refractivity contribution in [1.82, 2.24) is 21.3 Å². The van der Waals surface area contributed by atoms with E-state index in [0.717, 1.165) is 71.0 Å². The Labute approximate surface area is 213 Å². The Morgan fingerprint density at radius 3 is 2.51 bits per heavy atom. The summed E-state index contributed by atoms with van der Waals surface area (Å²) in [7, 11) is 2.02. The van der Waals surface area contributed by atoms with Crippen molar-refractivity contribution in [3.8, 4) is 0 Å². The van der Waals surface area contributed by atoms with Crippen LogP contribution in [0.2, 0.25) is 0 Å². The van der Waals surface area contributed by atoms with Gasteiger partial charge in [-0.25, -0.2) is 0 Å². The molecule has 2 heterocycles. The molecule has 2 saturated heterocycles. The molecule has 2 aliphatic rings. The highest BCUT2D eigenvalue weighted by atomic mass is 16.4. The van der Waals surface area contributed by atoms with Crippen LogP contribution >= 0.6 is 0 Å². The zero-order valence-electron chi connectivity index (χ0n) is 22.6. The number of aliphatic hydroxyl groups excluding tert-OH is 1. The molecule has 0 amide bonds. The minimum Gasteiger partial charge on any atom is -0.481 e. The lowest BCUT2D eigenvalue weighted by Gasteiger charge is -2.38. The highest BCUT2D eigenvalue weighted by molar-refractivity contribution is 5.68. The maximum Gasteiger partial charge on any atom is 0.306 e. The van der Waals surface area contributed by atoms with Crippen molar-refractivity contribution < 1.29 is 20.1 Å². The van der Waals surface area contributed by atoms with Crippen LogP contribution in [0.15, 0.2) is 0 Å². The van der Waals surface area contributed by atoms with E-state index in [0.29, 0.717) is 24.9 Å². The van der Waals surface area contributed by atoms with Crippen molar-refractivity contribution in [1.29, 1.82) is 0 Å². The summed E-state index contributed by atoms with van der Waals surface area (Å²) >= 11 is 0. The van der Waals surface area contributed by atoms with Gasteiger partial charge in [0.05, 0.1) is 18.1 Å². The van der Waals surface area contributed by atoms with E-state index in [-0.39, 0.29) is 24.1 Å². The first-order chi connectivity index (χ1) is 16.6. The molecule has 35 heavy (non-hydrogen) atoms. The Kier molecular flexibility index (Phi) is 13.5. The van der Waals surface area contributed by atoms with Gasteiger partial charge < -0.3 is 36.6 Å². The van der Waals surface area contributed by atoms with E-state index in [1.165, 1.54) is 19.3 Å². The minimum atomic E-state index is -1.19. The average molecular weight is 499 g/mol. The third-order valence-electron chi connectivity index (χ3n) is 8.34. The van der Waals surface area contributed by atoms with E-state index in [2.05, 4.69) is 35.1 Å². The Morgan fingerprint density at radius 1 is 1.14 bits per heavy atom. The van der Waals surface area contributed by atoms with Gasteiger partial charge in [0, 0.05) is 24.2 Å². The number of aliphatic hydroxyl groups is 2. The van der Waals surface area contributed by atoms with Gasteiger partial charge in [-0.15, -0.1) is 0 Å². The molecule has 2 rings (SSSR count). The van der Waals surface area contributed by atoms with Gasteiger partial charge in [-0.1, -0.05) is 25.7 Å². The van der Waals surface area contributed by atoms with Crippen LogP contribution in [0.3, 0.4) is 0 Å². The lowest BCUT2D eigenvalue weighted by Crippen LogP contribution is -2.55. The maximum absolute atomic E-state index is 11.4. The quantitative estimate of drug-likeness (QED) is 0.152. The van der Waals surface area contributed by atoms with E-state index in [1.807, 2.05) is 7.05 Å². The van der Waals surface area contributed by atoms with Crippen LogP contribution in [-0.4, -0.2) is 83.8 Å². The van der Waals surface area contributed by atoms with E-state index < -0.39 is 11.6 Å². The first kappa shape index (κ1) is 30.5. The molecular formula is C27H54N4O4. The molecule has 0 aliphatic carbocycles. The fourth-order valence-electron chi connectivity index (χ4n) is 5.78. The predicted molar refractivity (Wildman–Crippen MR) is 142 cm³/mol. The second kappa shape index (κ2) is 15.5. The Bertz CT molecular complexity index is 602. The molecule has 5 atom stereocenters. The number of rotatable bonds is 17. The number of carboxylic acids is 1. The molecule has 0 aromatic heterocycles. The number of aliphatic carboxylic acids is 1. The summed E-state index contributed by atoms with van der Waals surface area (Å²) in [5, 5.41) is 44.1. The summed E-state index contributed by atoms with van der Waals surface area (Å²) < 4.78 is 0. The number of piperidine rings is 2. The minimum absolute atomic E-state index is 0.0367. The third-order valence-corrected chi connectivity index (χ3v) is 8.34. The van der Waals surface area contributed by atoms with Gasteiger partial charge in [0.15, 0.2) is 0 Å². The largest absolute Gasteiger partial charge is 0.481 e. The lowest BCUT2D eigenvalue weighted by molar-refractivity contribution is -0.143. The highest BCUT2D eigenvalue weighted by Gasteiger charge is 2.34. The summed E-state index contributed by atoms with van der Waals surface area (Å²) in [6.45, 7) is 7.52. The number of carbonyl (C=O) groups is 1. The van der Waals surface area contributed by atoms with Crippen LogP contribution in [0.4, 0.5) is 0 Å². The van der Waals surface area contributed by atoms with Crippen LogP contribution in [0.25, 0.3) is 0 Å². The number of β-amino-alcohol motifs (C(OH)–C–C–N with tert-alkyl or cyclic N) is 1. The van der Waals surface area contributed by atoms with Crippen molar-refractivity contribution in [3.05, 3.63) is 0 Å². The Balaban J connectivity index is 1.66. The third kappa shape index (κ3) is 11.9. The Hall–Kier alpha value is -0.770. The van der Waals surface area contributed by atoms with Crippen molar-refractivity contribution in [2.75, 3.05) is 33.2 Å². The Morgan fingerprint density at radius 2 is 1.86 bits per heavy atom.